The molecule has 1 atom stereocenters. The zero-order chi connectivity index (χ0) is 13.8. The Labute approximate surface area is 119 Å². The van der Waals surface area contributed by atoms with E-state index in [1.807, 2.05) is 0 Å². The number of aryl methyl sites for hydroxylation is 3. The molecule has 4 heteroatoms. The van der Waals surface area contributed by atoms with Gasteiger partial charge in [-0.2, -0.15) is 16.4 Å². The Bertz CT molecular complexity index is 527. The summed E-state index contributed by atoms with van der Waals surface area (Å²) >= 11 is 1.78. The summed E-state index contributed by atoms with van der Waals surface area (Å²) in [7, 11) is 0. The molecule has 0 saturated carbocycles. The monoisotopic (exact) mass is 277 g/mol. The second-order valence-corrected chi connectivity index (χ2v) is 5.66. The Hall–Kier alpha value is -1.13. The standard InChI is InChI=1S/C15H23N3S/c1-5-16-15(14-10-19-9-11(14)3)8-13-7-12(4)17-18(13)6-2/h7,9-10,15-16H,5-6,8H2,1-4H3. The van der Waals surface area contributed by atoms with E-state index in [1.54, 1.807) is 11.3 Å². The van der Waals surface area contributed by atoms with Crippen LogP contribution in [0.3, 0.4) is 0 Å². The maximum atomic E-state index is 4.54. The summed E-state index contributed by atoms with van der Waals surface area (Å²) in [6, 6.07) is 2.59. The summed E-state index contributed by atoms with van der Waals surface area (Å²) in [6.45, 7) is 10.5. The van der Waals surface area contributed by atoms with Gasteiger partial charge in [-0.05, 0) is 55.3 Å². The van der Waals surface area contributed by atoms with Crippen LogP contribution in [0.1, 0.15) is 42.4 Å². The zero-order valence-corrected chi connectivity index (χ0v) is 13.0. The van der Waals surface area contributed by atoms with Crippen molar-refractivity contribution < 1.29 is 0 Å². The van der Waals surface area contributed by atoms with Crippen molar-refractivity contribution in [1.82, 2.24) is 15.1 Å². The number of aromatic nitrogens is 2. The molecule has 0 amide bonds. The van der Waals surface area contributed by atoms with E-state index in [4.69, 9.17) is 0 Å². The molecule has 19 heavy (non-hydrogen) atoms. The summed E-state index contributed by atoms with van der Waals surface area (Å²) in [6.07, 6.45) is 1.00. The van der Waals surface area contributed by atoms with E-state index >= 15 is 0 Å². The highest BCUT2D eigenvalue weighted by atomic mass is 32.1. The number of thiophene rings is 1. The molecule has 0 aliphatic heterocycles. The smallest absolute Gasteiger partial charge is 0.0596 e. The number of nitrogens with zero attached hydrogens (tertiary/aromatic N) is 2. The predicted octanol–water partition coefficient (Wildman–Crippen LogP) is 3.47. The number of nitrogens with one attached hydrogen (secondary N) is 1. The predicted molar refractivity (Wildman–Crippen MR) is 81.8 cm³/mol. The Morgan fingerprint density at radius 1 is 1.32 bits per heavy atom. The molecule has 0 spiro atoms. The average Bonchev–Trinajstić information content (AvgIpc) is 2.94. The minimum atomic E-state index is 0.387. The van der Waals surface area contributed by atoms with E-state index in [9.17, 15) is 0 Å². The topological polar surface area (TPSA) is 29.9 Å². The lowest BCUT2D eigenvalue weighted by atomic mass is 10.0. The van der Waals surface area contributed by atoms with Crippen LogP contribution in [0, 0.1) is 13.8 Å². The number of hydrogen-bond acceptors (Lipinski definition) is 3. The van der Waals surface area contributed by atoms with Gasteiger partial charge in [0.2, 0.25) is 0 Å². The average molecular weight is 277 g/mol. The summed E-state index contributed by atoms with van der Waals surface area (Å²) in [5.41, 5.74) is 5.23. The SMILES string of the molecule is CCNC(Cc1cc(C)nn1CC)c1cscc1C. The van der Waals surface area contributed by atoms with Crippen LogP contribution < -0.4 is 5.32 Å². The first-order valence-electron chi connectivity index (χ1n) is 6.95. The van der Waals surface area contributed by atoms with Crippen LogP contribution in [-0.4, -0.2) is 16.3 Å². The summed E-state index contributed by atoms with van der Waals surface area (Å²) in [5, 5.41) is 12.6. The number of likely N-dealkylation sites (N-methyl/N-ethyl adjacent to an activating group) is 1. The number of hydrogen-bond donors (Lipinski definition) is 1. The molecule has 104 valence electrons. The van der Waals surface area contributed by atoms with Gasteiger partial charge in [-0.1, -0.05) is 6.92 Å². The van der Waals surface area contributed by atoms with Gasteiger partial charge in [-0.15, -0.1) is 0 Å². The Morgan fingerprint density at radius 2 is 2.11 bits per heavy atom. The van der Waals surface area contributed by atoms with Crippen LogP contribution in [0.5, 0.6) is 0 Å². The van der Waals surface area contributed by atoms with E-state index in [0.29, 0.717) is 6.04 Å². The molecular weight excluding hydrogens is 254 g/mol. The molecule has 0 fully saturated rings. The van der Waals surface area contributed by atoms with Crippen molar-refractivity contribution in [2.45, 2.75) is 46.7 Å². The fourth-order valence-corrected chi connectivity index (χ4v) is 3.42. The Morgan fingerprint density at radius 3 is 2.68 bits per heavy atom. The van der Waals surface area contributed by atoms with E-state index in [1.165, 1.54) is 16.8 Å². The van der Waals surface area contributed by atoms with Gasteiger partial charge in [0.25, 0.3) is 0 Å². The van der Waals surface area contributed by atoms with Crippen LogP contribution in [0.25, 0.3) is 0 Å². The molecule has 0 aliphatic rings. The van der Waals surface area contributed by atoms with Gasteiger partial charge in [-0.25, -0.2) is 0 Å². The Kier molecular flexibility index (Phi) is 4.77. The Balaban J connectivity index is 2.23. The van der Waals surface area contributed by atoms with Gasteiger partial charge < -0.3 is 5.32 Å². The molecule has 2 rings (SSSR count). The van der Waals surface area contributed by atoms with Crippen molar-refractivity contribution in [2.75, 3.05) is 6.54 Å². The van der Waals surface area contributed by atoms with Crippen molar-refractivity contribution >= 4 is 11.3 Å². The van der Waals surface area contributed by atoms with Crippen LogP contribution in [0.15, 0.2) is 16.8 Å². The van der Waals surface area contributed by atoms with Gasteiger partial charge in [0, 0.05) is 24.7 Å². The lowest BCUT2D eigenvalue weighted by molar-refractivity contribution is 0.515. The molecule has 0 radical (unpaired) electrons. The second kappa shape index (κ2) is 6.35. The van der Waals surface area contributed by atoms with Gasteiger partial charge in [0.05, 0.1) is 5.69 Å². The maximum Gasteiger partial charge on any atom is 0.0596 e. The molecule has 0 bridgehead atoms. The minimum Gasteiger partial charge on any atom is -0.310 e. The van der Waals surface area contributed by atoms with Crippen LogP contribution in [0.2, 0.25) is 0 Å². The van der Waals surface area contributed by atoms with Crippen molar-refractivity contribution in [3.05, 3.63) is 39.3 Å². The highest BCUT2D eigenvalue weighted by molar-refractivity contribution is 7.08. The number of rotatable bonds is 6. The molecule has 3 nitrogen and oxygen atoms in total. The second-order valence-electron chi connectivity index (χ2n) is 4.92. The van der Waals surface area contributed by atoms with E-state index in [-0.39, 0.29) is 0 Å². The van der Waals surface area contributed by atoms with Crippen molar-refractivity contribution in [3.63, 3.8) is 0 Å². The lowest BCUT2D eigenvalue weighted by Gasteiger charge is -2.18. The van der Waals surface area contributed by atoms with Crippen LogP contribution in [0.4, 0.5) is 0 Å². The first-order chi connectivity index (χ1) is 9.15. The molecule has 1 N–H and O–H groups in total. The van der Waals surface area contributed by atoms with Gasteiger partial charge in [-0.3, -0.25) is 4.68 Å². The third kappa shape index (κ3) is 3.25. The first-order valence-corrected chi connectivity index (χ1v) is 7.89. The van der Waals surface area contributed by atoms with Crippen LogP contribution in [-0.2, 0) is 13.0 Å². The van der Waals surface area contributed by atoms with Crippen molar-refractivity contribution in [1.29, 1.82) is 0 Å². The third-order valence-electron chi connectivity index (χ3n) is 3.42. The summed E-state index contributed by atoms with van der Waals surface area (Å²) < 4.78 is 2.11. The molecule has 2 aromatic heterocycles. The zero-order valence-electron chi connectivity index (χ0n) is 12.2. The molecule has 0 aliphatic carbocycles. The largest absolute Gasteiger partial charge is 0.310 e. The quantitative estimate of drug-likeness (QED) is 0.876. The van der Waals surface area contributed by atoms with E-state index in [2.05, 4.69) is 59.6 Å². The maximum absolute atomic E-state index is 4.54. The molecular formula is C15H23N3S. The van der Waals surface area contributed by atoms with Crippen LogP contribution >= 0.6 is 11.3 Å². The highest BCUT2D eigenvalue weighted by Crippen LogP contribution is 2.25. The summed E-state index contributed by atoms with van der Waals surface area (Å²) in [4.78, 5) is 0. The fraction of sp³-hybridized carbons (Fsp3) is 0.533. The molecule has 1 unspecified atom stereocenters. The van der Waals surface area contributed by atoms with Gasteiger partial charge in [0.15, 0.2) is 0 Å². The molecule has 2 heterocycles. The summed E-state index contributed by atoms with van der Waals surface area (Å²) in [5.74, 6) is 0. The third-order valence-corrected chi connectivity index (χ3v) is 4.30. The van der Waals surface area contributed by atoms with E-state index < -0.39 is 0 Å². The highest BCUT2D eigenvalue weighted by Gasteiger charge is 2.16. The first kappa shape index (κ1) is 14.3. The molecule has 0 saturated heterocycles. The van der Waals surface area contributed by atoms with Gasteiger partial charge in [0.1, 0.15) is 0 Å². The lowest BCUT2D eigenvalue weighted by Crippen LogP contribution is -2.24. The van der Waals surface area contributed by atoms with E-state index in [0.717, 1.165) is 25.2 Å². The fourth-order valence-electron chi connectivity index (χ4n) is 2.51. The van der Waals surface area contributed by atoms with Crippen molar-refractivity contribution in [2.24, 2.45) is 0 Å². The molecule has 2 aromatic rings. The van der Waals surface area contributed by atoms with Crippen molar-refractivity contribution in [3.8, 4) is 0 Å². The van der Waals surface area contributed by atoms with Gasteiger partial charge >= 0.3 is 0 Å². The minimum absolute atomic E-state index is 0.387. The normalized spacial score (nSPS) is 12.8. The molecule has 0 aromatic carbocycles.